The molecule has 5 heteroatoms. The average Bonchev–Trinajstić information content (AvgIpc) is 2.60. The molecule has 0 N–H and O–H groups in total. The number of hydrogen-bond acceptors (Lipinski definition) is 3. The number of hydrogen-bond donors (Lipinski definition) is 0. The second kappa shape index (κ2) is 2.99. The van der Waals surface area contributed by atoms with Crippen molar-refractivity contribution >= 4 is 17.2 Å². The molecule has 0 atom stereocenters. The molecule has 0 saturated heterocycles. The van der Waals surface area contributed by atoms with Crippen LogP contribution >= 0.6 is 11.6 Å². The van der Waals surface area contributed by atoms with Crippen LogP contribution in [0.2, 0.25) is 5.15 Å². The molecule has 0 aromatic carbocycles. The zero-order valence-electron chi connectivity index (χ0n) is 10.4. The molecule has 90 valence electrons. The van der Waals surface area contributed by atoms with Crippen LogP contribution in [0.3, 0.4) is 0 Å². The lowest BCUT2D eigenvalue weighted by Crippen LogP contribution is -1.98. The lowest BCUT2D eigenvalue weighted by molar-refractivity contribution is 0.457. The molecule has 0 aliphatic heterocycles. The lowest BCUT2D eigenvalue weighted by Gasteiger charge is -2.03. The summed E-state index contributed by atoms with van der Waals surface area (Å²) in [5, 5.41) is 9.01. The minimum atomic E-state index is 0.225. The van der Waals surface area contributed by atoms with Crippen LogP contribution in [0, 0.1) is 10.8 Å². The SMILES string of the molecule is CC1(C)C(c2nnc3cncc(Cl)n23)C1(C)C. The van der Waals surface area contributed by atoms with E-state index < -0.39 is 0 Å². The van der Waals surface area contributed by atoms with E-state index in [2.05, 4.69) is 42.9 Å². The van der Waals surface area contributed by atoms with E-state index in [0.717, 1.165) is 5.82 Å². The van der Waals surface area contributed by atoms with Gasteiger partial charge < -0.3 is 0 Å². The van der Waals surface area contributed by atoms with E-state index >= 15 is 0 Å². The molecule has 1 aliphatic carbocycles. The summed E-state index contributed by atoms with van der Waals surface area (Å²) in [6, 6.07) is 0. The van der Waals surface area contributed by atoms with Gasteiger partial charge in [-0.2, -0.15) is 0 Å². The smallest absolute Gasteiger partial charge is 0.180 e. The van der Waals surface area contributed by atoms with Crippen molar-refractivity contribution in [3.63, 3.8) is 0 Å². The van der Waals surface area contributed by atoms with E-state index in [1.165, 1.54) is 0 Å². The van der Waals surface area contributed by atoms with Crippen LogP contribution in [-0.4, -0.2) is 19.6 Å². The first-order valence-corrected chi connectivity index (χ1v) is 6.09. The highest BCUT2D eigenvalue weighted by Gasteiger charge is 2.67. The highest BCUT2D eigenvalue weighted by Crippen LogP contribution is 2.73. The minimum absolute atomic E-state index is 0.225. The van der Waals surface area contributed by atoms with Crippen LogP contribution in [0.25, 0.3) is 5.65 Å². The maximum Gasteiger partial charge on any atom is 0.180 e. The second-order valence-corrected chi connectivity index (χ2v) is 6.25. The summed E-state index contributed by atoms with van der Waals surface area (Å²) in [6.07, 6.45) is 3.31. The zero-order valence-corrected chi connectivity index (χ0v) is 11.2. The predicted molar refractivity (Wildman–Crippen MR) is 66.1 cm³/mol. The third-order valence-corrected chi connectivity index (χ3v) is 4.84. The van der Waals surface area contributed by atoms with E-state index in [9.17, 15) is 0 Å². The molecule has 0 bridgehead atoms. The molecule has 0 unspecified atom stereocenters. The number of aromatic nitrogens is 4. The summed E-state index contributed by atoms with van der Waals surface area (Å²) < 4.78 is 1.90. The summed E-state index contributed by atoms with van der Waals surface area (Å²) in [7, 11) is 0. The maximum atomic E-state index is 6.18. The summed E-state index contributed by atoms with van der Waals surface area (Å²) in [4.78, 5) is 4.02. The molecule has 0 radical (unpaired) electrons. The molecule has 0 spiro atoms. The molecular formula is C12H15ClN4. The third kappa shape index (κ3) is 1.22. The Kier molecular flexibility index (Phi) is 1.93. The molecule has 2 heterocycles. The van der Waals surface area contributed by atoms with Gasteiger partial charge >= 0.3 is 0 Å². The Labute approximate surface area is 105 Å². The summed E-state index contributed by atoms with van der Waals surface area (Å²) in [5.74, 6) is 1.33. The first-order valence-electron chi connectivity index (χ1n) is 5.72. The Bertz CT molecular complexity index is 586. The Hall–Kier alpha value is -1.16. The molecule has 4 nitrogen and oxygen atoms in total. The van der Waals surface area contributed by atoms with Gasteiger partial charge in [0.15, 0.2) is 5.65 Å². The fraction of sp³-hybridized carbons (Fsp3) is 0.583. The Morgan fingerprint density at radius 2 is 1.76 bits per heavy atom. The van der Waals surface area contributed by atoms with Gasteiger partial charge in [-0.3, -0.25) is 9.38 Å². The molecule has 3 rings (SSSR count). The zero-order chi connectivity index (χ0) is 12.4. The number of rotatable bonds is 1. The summed E-state index contributed by atoms with van der Waals surface area (Å²) in [6.45, 7) is 9.03. The van der Waals surface area contributed by atoms with Gasteiger partial charge in [-0.05, 0) is 10.8 Å². The number of halogens is 1. The van der Waals surface area contributed by atoms with Gasteiger partial charge in [-0.1, -0.05) is 39.3 Å². The average molecular weight is 251 g/mol. The molecule has 17 heavy (non-hydrogen) atoms. The molecular weight excluding hydrogens is 236 g/mol. The van der Waals surface area contributed by atoms with E-state index in [-0.39, 0.29) is 10.8 Å². The van der Waals surface area contributed by atoms with Crippen LogP contribution in [-0.2, 0) is 0 Å². The topological polar surface area (TPSA) is 43.1 Å². The number of nitrogens with zero attached hydrogens (tertiary/aromatic N) is 4. The Morgan fingerprint density at radius 1 is 1.12 bits per heavy atom. The van der Waals surface area contributed by atoms with Gasteiger partial charge in [-0.15, -0.1) is 10.2 Å². The Morgan fingerprint density at radius 3 is 2.35 bits per heavy atom. The van der Waals surface area contributed by atoms with Crippen LogP contribution in [0.15, 0.2) is 12.4 Å². The van der Waals surface area contributed by atoms with Crippen molar-refractivity contribution in [3.8, 4) is 0 Å². The molecule has 1 aliphatic rings. The van der Waals surface area contributed by atoms with Crippen LogP contribution in [0.1, 0.15) is 39.4 Å². The quantitative estimate of drug-likeness (QED) is 0.782. The Balaban J connectivity index is 2.21. The van der Waals surface area contributed by atoms with E-state index in [1.807, 2.05) is 4.40 Å². The molecule has 2 aromatic heterocycles. The normalized spacial score (nSPS) is 21.9. The standard InChI is InChI=1S/C12H15ClN4/c1-11(2)9(12(11,3)4)10-16-15-8-6-14-5-7(13)17(8)10/h5-6,9H,1-4H3. The maximum absolute atomic E-state index is 6.18. The summed E-state index contributed by atoms with van der Waals surface area (Å²) >= 11 is 6.18. The highest BCUT2D eigenvalue weighted by atomic mass is 35.5. The fourth-order valence-electron chi connectivity index (χ4n) is 2.86. The van der Waals surface area contributed by atoms with Gasteiger partial charge in [0.25, 0.3) is 0 Å². The first-order chi connectivity index (χ1) is 7.87. The van der Waals surface area contributed by atoms with Crippen LogP contribution in [0.5, 0.6) is 0 Å². The van der Waals surface area contributed by atoms with E-state index in [0.29, 0.717) is 16.7 Å². The number of fused-ring (bicyclic) bond motifs is 1. The first kappa shape index (κ1) is 11.0. The largest absolute Gasteiger partial charge is 0.266 e. The van der Waals surface area contributed by atoms with Crippen molar-refractivity contribution in [2.24, 2.45) is 10.8 Å². The van der Waals surface area contributed by atoms with E-state index in [4.69, 9.17) is 11.6 Å². The van der Waals surface area contributed by atoms with Crippen molar-refractivity contribution in [1.82, 2.24) is 19.6 Å². The monoisotopic (exact) mass is 250 g/mol. The van der Waals surface area contributed by atoms with Crippen molar-refractivity contribution in [1.29, 1.82) is 0 Å². The van der Waals surface area contributed by atoms with Crippen LogP contribution < -0.4 is 0 Å². The van der Waals surface area contributed by atoms with Crippen molar-refractivity contribution in [2.75, 3.05) is 0 Å². The van der Waals surface area contributed by atoms with Gasteiger partial charge in [0.1, 0.15) is 11.0 Å². The van der Waals surface area contributed by atoms with Gasteiger partial charge in [0.2, 0.25) is 0 Å². The third-order valence-electron chi connectivity index (χ3n) is 4.58. The highest BCUT2D eigenvalue weighted by molar-refractivity contribution is 6.29. The van der Waals surface area contributed by atoms with Gasteiger partial charge in [0.05, 0.1) is 12.4 Å². The minimum Gasteiger partial charge on any atom is -0.266 e. The molecule has 1 fully saturated rings. The van der Waals surface area contributed by atoms with Crippen molar-refractivity contribution < 1.29 is 0 Å². The van der Waals surface area contributed by atoms with Crippen molar-refractivity contribution in [3.05, 3.63) is 23.4 Å². The molecule has 0 amide bonds. The van der Waals surface area contributed by atoms with Gasteiger partial charge in [-0.25, -0.2) is 0 Å². The lowest BCUT2D eigenvalue weighted by atomic mass is 10.0. The predicted octanol–water partition coefficient (Wildman–Crippen LogP) is 2.93. The van der Waals surface area contributed by atoms with Gasteiger partial charge in [0, 0.05) is 5.92 Å². The van der Waals surface area contributed by atoms with Crippen molar-refractivity contribution in [2.45, 2.75) is 33.6 Å². The fourth-order valence-corrected chi connectivity index (χ4v) is 3.09. The van der Waals surface area contributed by atoms with Crippen LogP contribution in [0.4, 0.5) is 0 Å². The summed E-state index contributed by atoms with van der Waals surface area (Å²) in [5.41, 5.74) is 1.16. The second-order valence-electron chi connectivity index (χ2n) is 5.86. The molecule has 1 saturated carbocycles. The molecule has 2 aromatic rings. The van der Waals surface area contributed by atoms with E-state index in [1.54, 1.807) is 12.4 Å².